The number of anilines is 1. The fourth-order valence-electron chi connectivity index (χ4n) is 0.887. The van der Waals surface area contributed by atoms with Gasteiger partial charge in [0.2, 0.25) is 0 Å². The van der Waals surface area contributed by atoms with Crippen LogP contribution in [0.5, 0.6) is 0 Å². The van der Waals surface area contributed by atoms with Crippen molar-refractivity contribution in [3.8, 4) is 0 Å². The molecule has 1 aromatic carbocycles. The van der Waals surface area contributed by atoms with Gasteiger partial charge in [-0.05, 0) is 17.7 Å². The molecule has 3 heteroatoms. The lowest BCUT2D eigenvalue weighted by Gasteiger charge is -2.02. The summed E-state index contributed by atoms with van der Waals surface area (Å²) in [6.45, 7) is 1.77. The lowest BCUT2D eigenvalue weighted by Crippen LogP contribution is -2.08. The van der Waals surface area contributed by atoms with Crippen molar-refractivity contribution in [2.75, 3.05) is 18.9 Å². The lowest BCUT2D eigenvalue weighted by atomic mass is 10.2. The van der Waals surface area contributed by atoms with Crippen LogP contribution < -0.4 is 11.5 Å². The maximum atomic E-state index is 5.52. The van der Waals surface area contributed by atoms with Crippen LogP contribution in [0.1, 0.15) is 5.56 Å². The minimum atomic E-state index is 0.564. The second kappa shape index (κ2) is 4.74. The smallest absolute Gasteiger partial charge is 0.0717 e. The topological polar surface area (TPSA) is 61.3 Å². The molecule has 0 aromatic heterocycles. The van der Waals surface area contributed by atoms with Crippen molar-refractivity contribution in [1.82, 2.24) is 0 Å². The molecule has 66 valence electrons. The number of hydrogen-bond donors (Lipinski definition) is 2. The third-order valence-corrected chi connectivity index (χ3v) is 1.51. The van der Waals surface area contributed by atoms with Gasteiger partial charge in [-0.3, -0.25) is 0 Å². The van der Waals surface area contributed by atoms with E-state index in [-0.39, 0.29) is 0 Å². The number of benzene rings is 1. The predicted molar refractivity (Wildman–Crippen MR) is 49.6 cm³/mol. The lowest BCUT2D eigenvalue weighted by molar-refractivity contribution is 0.128. The van der Waals surface area contributed by atoms with Crippen molar-refractivity contribution < 1.29 is 4.74 Å². The molecule has 0 unspecified atom stereocenters. The highest BCUT2D eigenvalue weighted by Gasteiger charge is 1.91. The van der Waals surface area contributed by atoms with E-state index in [1.807, 2.05) is 24.3 Å². The first kappa shape index (κ1) is 9.03. The third kappa shape index (κ3) is 2.90. The second-order valence-corrected chi connectivity index (χ2v) is 2.58. The Bertz CT molecular complexity index is 220. The summed E-state index contributed by atoms with van der Waals surface area (Å²) in [6.07, 6.45) is 0. The first-order valence-corrected chi connectivity index (χ1v) is 3.95. The van der Waals surface area contributed by atoms with Gasteiger partial charge in [0.1, 0.15) is 0 Å². The maximum Gasteiger partial charge on any atom is 0.0717 e. The molecule has 0 aliphatic heterocycles. The average molecular weight is 166 g/mol. The van der Waals surface area contributed by atoms with Crippen molar-refractivity contribution in [1.29, 1.82) is 0 Å². The Morgan fingerprint density at radius 2 is 1.83 bits per heavy atom. The predicted octanol–water partition coefficient (Wildman–Crippen LogP) is 0.744. The van der Waals surface area contributed by atoms with E-state index in [1.165, 1.54) is 0 Å². The van der Waals surface area contributed by atoms with E-state index in [4.69, 9.17) is 16.2 Å². The Hall–Kier alpha value is -1.06. The summed E-state index contributed by atoms with van der Waals surface area (Å²) in [5, 5.41) is 0. The van der Waals surface area contributed by atoms with Crippen molar-refractivity contribution in [3.63, 3.8) is 0 Å². The van der Waals surface area contributed by atoms with Crippen LogP contribution in [-0.2, 0) is 11.3 Å². The van der Waals surface area contributed by atoms with Gasteiger partial charge in [-0.15, -0.1) is 0 Å². The molecule has 0 heterocycles. The van der Waals surface area contributed by atoms with Gasteiger partial charge in [-0.2, -0.15) is 0 Å². The zero-order valence-corrected chi connectivity index (χ0v) is 6.99. The van der Waals surface area contributed by atoms with Crippen LogP contribution in [0.15, 0.2) is 24.3 Å². The summed E-state index contributed by atoms with van der Waals surface area (Å²) in [5.41, 5.74) is 12.7. The van der Waals surface area contributed by atoms with Gasteiger partial charge < -0.3 is 16.2 Å². The van der Waals surface area contributed by atoms with Crippen molar-refractivity contribution in [3.05, 3.63) is 29.8 Å². The Labute approximate surface area is 72.3 Å². The summed E-state index contributed by atoms with van der Waals surface area (Å²) < 4.78 is 5.24. The number of rotatable bonds is 4. The second-order valence-electron chi connectivity index (χ2n) is 2.58. The van der Waals surface area contributed by atoms with E-state index in [0.29, 0.717) is 19.8 Å². The Balaban J connectivity index is 2.37. The molecule has 0 amide bonds. The van der Waals surface area contributed by atoms with Gasteiger partial charge in [0, 0.05) is 12.2 Å². The molecule has 0 bridgehead atoms. The van der Waals surface area contributed by atoms with Crippen LogP contribution in [0.4, 0.5) is 5.69 Å². The number of nitrogen functional groups attached to an aromatic ring is 1. The summed E-state index contributed by atoms with van der Waals surface area (Å²) in [4.78, 5) is 0. The average Bonchev–Trinajstić information content (AvgIpc) is 2.09. The fourth-order valence-corrected chi connectivity index (χ4v) is 0.887. The Morgan fingerprint density at radius 1 is 1.17 bits per heavy atom. The molecule has 12 heavy (non-hydrogen) atoms. The monoisotopic (exact) mass is 166 g/mol. The van der Waals surface area contributed by atoms with Gasteiger partial charge >= 0.3 is 0 Å². The first-order chi connectivity index (χ1) is 5.83. The van der Waals surface area contributed by atoms with Crippen LogP contribution in [0.2, 0.25) is 0 Å². The van der Waals surface area contributed by atoms with Crippen molar-refractivity contribution in [2.24, 2.45) is 5.73 Å². The third-order valence-electron chi connectivity index (χ3n) is 1.51. The van der Waals surface area contributed by atoms with E-state index in [9.17, 15) is 0 Å². The quantitative estimate of drug-likeness (QED) is 0.512. The van der Waals surface area contributed by atoms with Crippen LogP contribution in [0.25, 0.3) is 0 Å². The summed E-state index contributed by atoms with van der Waals surface area (Å²) in [5.74, 6) is 0. The standard InChI is InChI=1S/C9H14N2O/c10-5-6-12-7-8-1-3-9(11)4-2-8/h1-4H,5-7,10-11H2. The van der Waals surface area contributed by atoms with Crippen LogP contribution in [-0.4, -0.2) is 13.2 Å². The van der Waals surface area contributed by atoms with E-state index >= 15 is 0 Å². The summed E-state index contributed by atoms with van der Waals surface area (Å²) >= 11 is 0. The molecule has 4 N–H and O–H groups in total. The molecule has 0 atom stereocenters. The molecule has 0 radical (unpaired) electrons. The first-order valence-electron chi connectivity index (χ1n) is 3.95. The highest BCUT2D eigenvalue weighted by Crippen LogP contribution is 2.05. The largest absolute Gasteiger partial charge is 0.399 e. The maximum absolute atomic E-state index is 5.52. The molecule has 0 fully saturated rings. The molecule has 3 nitrogen and oxygen atoms in total. The summed E-state index contributed by atoms with van der Waals surface area (Å²) in [7, 11) is 0. The van der Waals surface area contributed by atoms with Crippen LogP contribution in [0, 0.1) is 0 Å². The zero-order valence-electron chi connectivity index (χ0n) is 6.99. The van der Waals surface area contributed by atoms with E-state index in [1.54, 1.807) is 0 Å². The van der Waals surface area contributed by atoms with E-state index < -0.39 is 0 Å². The number of ether oxygens (including phenoxy) is 1. The molecule has 0 saturated heterocycles. The van der Waals surface area contributed by atoms with Gasteiger partial charge in [0.05, 0.1) is 13.2 Å². The SMILES string of the molecule is NCCOCc1ccc(N)cc1. The van der Waals surface area contributed by atoms with Gasteiger partial charge in [-0.1, -0.05) is 12.1 Å². The molecule has 0 aliphatic carbocycles. The van der Waals surface area contributed by atoms with Crippen molar-refractivity contribution in [2.45, 2.75) is 6.61 Å². The number of nitrogens with two attached hydrogens (primary N) is 2. The minimum absolute atomic E-state index is 0.564. The molecule has 0 spiro atoms. The van der Waals surface area contributed by atoms with Gasteiger partial charge in [-0.25, -0.2) is 0 Å². The van der Waals surface area contributed by atoms with Gasteiger partial charge in [0.25, 0.3) is 0 Å². The molecular weight excluding hydrogens is 152 g/mol. The van der Waals surface area contributed by atoms with Crippen LogP contribution >= 0.6 is 0 Å². The van der Waals surface area contributed by atoms with E-state index in [0.717, 1.165) is 11.3 Å². The van der Waals surface area contributed by atoms with E-state index in [2.05, 4.69) is 0 Å². The Kier molecular flexibility index (Phi) is 3.57. The summed E-state index contributed by atoms with van der Waals surface area (Å²) in [6, 6.07) is 7.62. The van der Waals surface area contributed by atoms with Crippen LogP contribution in [0.3, 0.4) is 0 Å². The molecule has 1 aromatic rings. The minimum Gasteiger partial charge on any atom is -0.399 e. The molecule has 1 rings (SSSR count). The molecule has 0 saturated carbocycles. The number of hydrogen-bond acceptors (Lipinski definition) is 3. The molecule has 0 aliphatic rings. The highest BCUT2D eigenvalue weighted by atomic mass is 16.5. The Morgan fingerprint density at radius 3 is 2.42 bits per heavy atom. The zero-order chi connectivity index (χ0) is 8.81. The highest BCUT2D eigenvalue weighted by molar-refractivity contribution is 5.38. The van der Waals surface area contributed by atoms with Crippen molar-refractivity contribution >= 4 is 5.69 Å². The molecular formula is C9H14N2O. The fraction of sp³-hybridized carbons (Fsp3) is 0.333. The normalized spacial score (nSPS) is 10.1. The van der Waals surface area contributed by atoms with Gasteiger partial charge in [0.15, 0.2) is 0 Å².